The van der Waals surface area contributed by atoms with E-state index in [1.54, 1.807) is 0 Å². The van der Waals surface area contributed by atoms with Crippen molar-refractivity contribution in [1.82, 2.24) is 4.90 Å². The molecule has 1 aliphatic heterocycles. The maximum Gasteiger partial charge on any atom is 0.290 e. The maximum absolute atomic E-state index is 12.2. The highest BCUT2D eigenvalue weighted by atomic mass is 16.6. The summed E-state index contributed by atoms with van der Waals surface area (Å²) in [4.78, 5) is 46.0. The van der Waals surface area contributed by atoms with Gasteiger partial charge in [0.25, 0.3) is 11.6 Å². The van der Waals surface area contributed by atoms with E-state index in [0.717, 1.165) is 0 Å². The first-order chi connectivity index (χ1) is 11.7. The molecule has 0 aromatic heterocycles. The number of amides is 1. The van der Waals surface area contributed by atoms with Crippen LogP contribution in [-0.2, 0) is 14.4 Å². The zero-order valence-electron chi connectivity index (χ0n) is 13.3. The van der Waals surface area contributed by atoms with Crippen LogP contribution in [0, 0.1) is 10.1 Å². The van der Waals surface area contributed by atoms with Crippen LogP contribution < -0.4 is 5.11 Å². The van der Waals surface area contributed by atoms with Gasteiger partial charge in [0.15, 0.2) is 11.5 Å². The Morgan fingerprint density at radius 3 is 2.36 bits per heavy atom. The summed E-state index contributed by atoms with van der Waals surface area (Å²) in [6.07, 6.45) is -0.205. The molecule has 2 rings (SSSR count). The van der Waals surface area contributed by atoms with Crippen LogP contribution in [0.2, 0.25) is 0 Å². The molecule has 1 N–H and O–H groups in total. The molecule has 0 saturated carbocycles. The van der Waals surface area contributed by atoms with Gasteiger partial charge in [0.2, 0.25) is 0 Å². The molecule has 132 valence electrons. The third-order valence-electron chi connectivity index (χ3n) is 3.88. The number of nitro benzene ring substituents is 1. The first-order valence-corrected chi connectivity index (χ1v) is 7.43. The molecule has 1 heterocycles. The topological polar surface area (TPSA) is 141 Å². The summed E-state index contributed by atoms with van der Waals surface area (Å²) >= 11 is 0. The van der Waals surface area contributed by atoms with Crippen molar-refractivity contribution in [3.05, 3.63) is 51.3 Å². The Morgan fingerprint density at radius 1 is 1.28 bits per heavy atom. The number of carbonyl (C=O) groups is 3. The van der Waals surface area contributed by atoms with E-state index >= 15 is 0 Å². The number of aliphatic hydroxyl groups is 1. The molecule has 1 atom stereocenters. The second kappa shape index (κ2) is 7.12. The summed E-state index contributed by atoms with van der Waals surface area (Å²) in [5, 5.41) is 31.3. The largest absolute Gasteiger partial charge is 0.550 e. The molecular weight excluding hydrogens is 332 g/mol. The number of carboxylic acids is 1. The molecule has 9 heteroatoms. The van der Waals surface area contributed by atoms with Crippen molar-refractivity contribution in [2.24, 2.45) is 0 Å². The summed E-state index contributed by atoms with van der Waals surface area (Å²) in [5.74, 6) is -3.27. The minimum atomic E-state index is -1.28. The summed E-state index contributed by atoms with van der Waals surface area (Å²) in [5.41, 5.74) is 0.128. The summed E-state index contributed by atoms with van der Waals surface area (Å²) < 4.78 is 0. The Morgan fingerprint density at radius 2 is 1.88 bits per heavy atom. The van der Waals surface area contributed by atoms with Crippen LogP contribution in [0.25, 0.3) is 0 Å². The van der Waals surface area contributed by atoms with Gasteiger partial charge in [-0.1, -0.05) is 0 Å². The van der Waals surface area contributed by atoms with Gasteiger partial charge < -0.3 is 19.9 Å². The molecule has 0 radical (unpaired) electrons. The van der Waals surface area contributed by atoms with Gasteiger partial charge >= 0.3 is 0 Å². The first kappa shape index (κ1) is 18.1. The molecule has 0 saturated heterocycles. The lowest BCUT2D eigenvalue weighted by molar-refractivity contribution is -0.384. The number of ketones is 1. The number of Topliss-reactive ketones (excluding diaryl/α,β-unsaturated/α-hetero) is 1. The monoisotopic (exact) mass is 347 g/mol. The van der Waals surface area contributed by atoms with E-state index in [1.807, 2.05) is 0 Å². The van der Waals surface area contributed by atoms with Gasteiger partial charge in [-0.25, -0.2) is 0 Å². The van der Waals surface area contributed by atoms with Gasteiger partial charge in [-0.15, -0.1) is 0 Å². The molecule has 0 aliphatic carbocycles. The lowest BCUT2D eigenvalue weighted by atomic mass is 9.96. The third kappa shape index (κ3) is 3.65. The van der Waals surface area contributed by atoms with Gasteiger partial charge in [0.1, 0.15) is 0 Å². The van der Waals surface area contributed by atoms with Crippen LogP contribution in [0.5, 0.6) is 0 Å². The van der Waals surface area contributed by atoms with Crippen molar-refractivity contribution in [2.75, 3.05) is 6.54 Å². The Balaban J connectivity index is 2.38. The number of aliphatic hydroxyl groups excluding tert-OH is 1. The molecule has 1 amide bonds. The van der Waals surface area contributed by atoms with Crippen LogP contribution in [0.15, 0.2) is 35.6 Å². The van der Waals surface area contributed by atoms with Crippen molar-refractivity contribution < 1.29 is 29.5 Å². The predicted molar refractivity (Wildman–Crippen MR) is 82.1 cm³/mol. The molecule has 0 spiro atoms. The Hall–Kier alpha value is -3.23. The summed E-state index contributed by atoms with van der Waals surface area (Å²) in [6, 6.07) is 4.32. The van der Waals surface area contributed by atoms with E-state index in [4.69, 9.17) is 0 Å². The molecule has 9 nitrogen and oxygen atoms in total. The van der Waals surface area contributed by atoms with Gasteiger partial charge in [-0.3, -0.25) is 19.7 Å². The van der Waals surface area contributed by atoms with E-state index in [9.17, 15) is 34.7 Å². The average molecular weight is 347 g/mol. The predicted octanol–water partition coefficient (Wildman–Crippen LogP) is 0.409. The molecule has 1 aromatic rings. The van der Waals surface area contributed by atoms with Crippen molar-refractivity contribution in [3.63, 3.8) is 0 Å². The Bertz CT molecular complexity index is 767. The van der Waals surface area contributed by atoms with Gasteiger partial charge in [0, 0.05) is 24.6 Å². The first-order valence-electron chi connectivity index (χ1n) is 7.43. The number of non-ortho nitro benzene ring substituents is 1. The Labute approximate surface area is 142 Å². The van der Waals surface area contributed by atoms with E-state index in [0.29, 0.717) is 5.56 Å². The second-order valence-electron chi connectivity index (χ2n) is 5.54. The van der Waals surface area contributed by atoms with Gasteiger partial charge in [-0.05, 0) is 37.5 Å². The number of hydrogen-bond acceptors (Lipinski definition) is 7. The Kier molecular flexibility index (Phi) is 5.16. The number of benzene rings is 1. The summed E-state index contributed by atoms with van der Waals surface area (Å²) in [6.45, 7) is 1.18. The average Bonchev–Trinajstić information content (AvgIpc) is 2.79. The number of nitro groups is 1. The van der Waals surface area contributed by atoms with Crippen LogP contribution in [0.1, 0.15) is 31.4 Å². The van der Waals surface area contributed by atoms with Gasteiger partial charge in [0.05, 0.1) is 16.5 Å². The smallest absolute Gasteiger partial charge is 0.290 e. The van der Waals surface area contributed by atoms with E-state index in [2.05, 4.69) is 0 Å². The third-order valence-corrected chi connectivity index (χ3v) is 3.88. The zero-order chi connectivity index (χ0) is 18.7. The lowest BCUT2D eigenvalue weighted by Crippen LogP contribution is -2.33. The summed E-state index contributed by atoms with van der Waals surface area (Å²) in [7, 11) is 0. The van der Waals surface area contributed by atoms with Crippen molar-refractivity contribution in [3.8, 4) is 0 Å². The minimum Gasteiger partial charge on any atom is -0.550 e. The van der Waals surface area contributed by atoms with E-state index in [1.165, 1.54) is 36.1 Å². The standard InChI is InChI=1S/C16H16N2O7/c1-9(19)13-14(10-4-6-11(7-5-10)18(24)25)17(16(23)15(13)22)8-2-3-12(20)21/h4-7,14,22H,2-3,8H2,1H3,(H,20,21)/p-1/t14-/m1/s1. The number of aliphatic carboxylic acids is 1. The molecule has 0 unspecified atom stereocenters. The maximum atomic E-state index is 12.2. The highest BCUT2D eigenvalue weighted by Gasteiger charge is 2.42. The second-order valence-corrected chi connectivity index (χ2v) is 5.54. The number of carboxylic acid groups (broad SMARTS) is 1. The molecule has 1 aliphatic rings. The van der Waals surface area contributed by atoms with Crippen LogP contribution >= 0.6 is 0 Å². The number of nitrogens with zero attached hydrogens (tertiary/aromatic N) is 2. The molecular formula is C16H15N2O7-. The molecule has 0 fully saturated rings. The SMILES string of the molecule is CC(=O)C1=C(O)C(=O)N(CCCC(=O)[O-])[C@@H]1c1ccc([N+](=O)[O-])cc1. The molecule has 0 bridgehead atoms. The van der Waals surface area contributed by atoms with E-state index < -0.39 is 34.4 Å². The van der Waals surface area contributed by atoms with Crippen molar-refractivity contribution >= 4 is 23.3 Å². The van der Waals surface area contributed by atoms with Crippen LogP contribution in [0.4, 0.5) is 5.69 Å². The van der Waals surface area contributed by atoms with Crippen LogP contribution in [-0.4, -0.2) is 39.1 Å². The fraction of sp³-hybridized carbons (Fsp3) is 0.312. The highest BCUT2D eigenvalue weighted by Crippen LogP contribution is 2.38. The lowest BCUT2D eigenvalue weighted by Gasteiger charge is -2.26. The number of hydrogen-bond donors (Lipinski definition) is 1. The minimum absolute atomic E-state index is 0.0185. The van der Waals surface area contributed by atoms with Crippen molar-refractivity contribution in [2.45, 2.75) is 25.8 Å². The zero-order valence-corrected chi connectivity index (χ0v) is 13.3. The normalized spacial score (nSPS) is 17.1. The quantitative estimate of drug-likeness (QED) is 0.556. The number of carbonyl (C=O) groups excluding carboxylic acids is 3. The number of rotatable bonds is 7. The van der Waals surface area contributed by atoms with Gasteiger partial charge in [-0.2, -0.15) is 0 Å². The molecule has 1 aromatic carbocycles. The highest BCUT2D eigenvalue weighted by molar-refractivity contribution is 6.08. The molecule has 25 heavy (non-hydrogen) atoms. The van der Waals surface area contributed by atoms with E-state index in [-0.39, 0.29) is 30.6 Å². The van der Waals surface area contributed by atoms with Crippen LogP contribution in [0.3, 0.4) is 0 Å². The fourth-order valence-electron chi connectivity index (χ4n) is 2.76. The fourth-order valence-corrected chi connectivity index (χ4v) is 2.76. The van der Waals surface area contributed by atoms with Crippen molar-refractivity contribution in [1.29, 1.82) is 0 Å².